The molecule has 0 heterocycles. The first kappa shape index (κ1) is 26.1. The second kappa shape index (κ2) is 10.2. The number of alkyl carbamates (subject to hydrolysis) is 1. The molecule has 3 heteroatoms. The lowest BCUT2D eigenvalue weighted by atomic mass is 9.47. The summed E-state index contributed by atoms with van der Waals surface area (Å²) in [6.45, 7) is 15.0. The number of nitrogens with one attached hydrogen (secondary N) is 1. The minimum atomic E-state index is -0.277. The quantitative estimate of drug-likeness (QED) is 0.379. The van der Waals surface area contributed by atoms with Gasteiger partial charge >= 0.3 is 6.09 Å². The van der Waals surface area contributed by atoms with E-state index in [-0.39, 0.29) is 12.2 Å². The molecule has 1 N–H and O–H groups in total. The first-order valence-corrected chi connectivity index (χ1v) is 14.7. The molecule has 194 valence electrons. The third-order valence-corrected chi connectivity index (χ3v) is 11.8. The maximum absolute atomic E-state index is 11.8. The van der Waals surface area contributed by atoms with Crippen LogP contribution in [0.15, 0.2) is 11.6 Å². The number of rotatable bonds is 7. The Balaban J connectivity index is 1.44. The highest BCUT2D eigenvalue weighted by molar-refractivity contribution is 5.66. The molecule has 34 heavy (non-hydrogen) atoms. The summed E-state index contributed by atoms with van der Waals surface area (Å²) >= 11 is 0. The normalized spacial score (nSPS) is 41.1. The molecular weight excluding hydrogens is 418 g/mol. The molecule has 3 fully saturated rings. The fourth-order valence-electron chi connectivity index (χ4n) is 9.60. The van der Waals surface area contributed by atoms with Gasteiger partial charge in [0.1, 0.15) is 6.10 Å². The van der Waals surface area contributed by atoms with E-state index in [2.05, 4.69) is 52.9 Å². The summed E-state index contributed by atoms with van der Waals surface area (Å²) in [6.07, 6.45) is 16.7. The van der Waals surface area contributed by atoms with Gasteiger partial charge in [-0.1, -0.05) is 66.0 Å². The highest BCUT2D eigenvalue weighted by atomic mass is 16.6. The number of carbonyl (C=O) groups excluding carboxylic acids is 1. The first-order valence-electron chi connectivity index (χ1n) is 14.7. The third-order valence-electron chi connectivity index (χ3n) is 11.8. The molecule has 4 aliphatic rings. The number of amides is 1. The second-order valence-corrected chi connectivity index (χ2v) is 13.5. The lowest BCUT2D eigenvalue weighted by Crippen LogP contribution is -2.51. The van der Waals surface area contributed by atoms with E-state index in [1.807, 2.05) is 0 Å². The van der Waals surface area contributed by atoms with Crippen LogP contribution in [0.5, 0.6) is 0 Å². The Labute approximate surface area is 210 Å². The highest BCUT2D eigenvalue weighted by Crippen LogP contribution is 2.67. The molecule has 0 aliphatic heterocycles. The Bertz CT molecular complexity index is 759. The molecule has 0 aromatic carbocycles. The van der Waals surface area contributed by atoms with Gasteiger partial charge in [0.25, 0.3) is 0 Å². The minimum Gasteiger partial charge on any atom is -0.446 e. The van der Waals surface area contributed by atoms with Crippen molar-refractivity contribution in [3.05, 3.63) is 11.6 Å². The van der Waals surface area contributed by atoms with Crippen molar-refractivity contribution in [2.24, 2.45) is 52.3 Å². The van der Waals surface area contributed by atoms with Crippen LogP contribution in [0.4, 0.5) is 4.79 Å². The lowest BCUT2D eigenvalue weighted by Gasteiger charge is -2.58. The van der Waals surface area contributed by atoms with Crippen LogP contribution in [0.25, 0.3) is 0 Å². The van der Waals surface area contributed by atoms with Gasteiger partial charge in [0.05, 0.1) is 0 Å². The van der Waals surface area contributed by atoms with E-state index in [0.29, 0.717) is 10.8 Å². The van der Waals surface area contributed by atoms with Crippen LogP contribution in [0.1, 0.15) is 112 Å². The van der Waals surface area contributed by atoms with Crippen LogP contribution in [0.2, 0.25) is 0 Å². The van der Waals surface area contributed by atoms with E-state index in [9.17, 15) is 4.79 Å². The fourth-order valence-corrected chi connectivity index (χ4v) is 9.60. The van der Waals surface area contributed by atoms with E-state index in [4.69, 9.17) is 4.74 Å². The van der Waals surface area contributed by atoms with E-state index in [1.165, 1.54) is 57.8 Å². The zero-order valence-electron chi connectivity index (χ0n) is 23.3. The molecule has 0 spiro atoms. The maximum Gasteiger partial charge on any atom is 0.407 e. The van der Waals surface area contributed by atoms with E-state index in [1.54, 1.807) is 12.6 Å². The first-order chi connectivity index (χ1) is 16.1. The topological polar surface area (TPSA) is 38.3 Å². The monoisotopic (exact) mass is 471 g/mol. The zero-order chi connectivity index (χ0) is 24.7. The molecule has 9 atom stereocenters. The maximum atomic E-state index is 11.8. The van der Waals surface area contributed by atoms with Crippen LogP contribution < -0.4 is 5.32 Å². The molecule has 0 aromatic rings. The Morgan fingerprint density at radius 1 is 1.09 bits per heavy atom. The third kappa shape index (κ3) is 4.59. The van der Waals surface area contributed by atoms with Crippen LogP contribution in [0.3, 0.4) is 0 Å². The van der Waals surface area contributed by atoms with Gasteiger partial charge < -0.3 is 10.1 Å². The predicted octanol–water partition coefficient (Wildman–Crippen LogP) is 8.39. The van der Waals surface area contributed by atoms with Crippen molar-refractivity contribution in [3.63, 3.8) is 0 Å². The van der Waals surface area contributed by atoms with E-state index in [0.717, 1.165) is 54.3 Å². The lowest BCUT2D eigenvalue weighted by molar-refractivity contribution is -0.0583. The van der Waals surface area contributed by atoms with Gasteiger partial charge in [-0.25, -0.2) is 4.79 Å². The molecule has 0 saturated heterocycles. The smallest absolute Gasteiger partial charge is 0.407 e. The summed E-state index contributed by atoms with van der Waals surface area (Å²) in [5, 5.41) is 2.62. The number of hydrogen-bond donors (Lipinski definition) is 1. The van der Waals surface area contributed by atoms with E-state index < -0.39 is 0 Å². The number of ether oxygens (including phenoxy) is 1. The molecule has 0 unspecified atom stereocenters. The van der Waals surface area contributed by atoms with Crippen molar-refractivity contribution in [2.45, 2.75) is 118 Å². The van der Waals surface area contributed by atoms with E-state index >= 15 is 0 Å². The molecule has 1 amide bonds. The van der Waals surface area contributed by atoms with Gasteiger partial charge in [-0.15, -0.1) is 0 Å². The number of hydrogen-bond acceptors (Lipinski definition) is 2. The largest absolute Gasteiger partial charge is 0.446 e. The van der Waals surface area contributed by atoms with Gasteiger partial charge in [0.15, 0.2) is 0 Å². The molecule has 3 nitrogen and oxygen atoms in total. The summed E-state index contributed by atoms with van der Waals surface area (Å²) in [5.74, 6) is 6.08. The Kier molecular flexibility index (Phi) is 7.80. The van der Waals surface area contributed by atoms with Crippen LogP contribution >= 0.6 is 0 Å². The summed E-state index contributed by atoms with van der Waals surface area (Å²) in [5.41, 5.74) is 2.46. The van der Waals surface area contributed by atoms with Crippen LogP contribution in [-0.4, -0.2) is 19.2 Å². The average molecular weight is 472 g/mol. The number of fused-ring (bicyclic) bond motifs is 5. The summed E-state index contributed by atoms with van der Waals surface area (Å²) < 4.78 is 5.67. The Hall–Kier alpha value is -0.990. The molecule has 4 rings (SSSR count). The van der Waals surface area contributed by atoms with Crippen molar-refractivity contribution in [1.29, 1.82) is 0 Å². The second-order valence-electron chi connectivity index (χ2n) is 13.5. The molecular formula is C31H53NO2. The number of allylic oxidation sites excluding steroid dienone is 1. The summed E-state index contributed by atoms with van der Waals surface area (Å²) in [7, 11) is 1.65. The predicted molar refractivity (Wildman–Crippen MR) is 142 cm³/mol. The molecule has 3 saturated carbocycles. The van der Waals surface area contributed by atoms with Crippen molar-refractivity contribution < 1.29 is 9.53 Å². The summed E-state index contributed by atoms with van der Waals surface area (Å²) in [6, 6.07) is 0. The number of carbonyl (C=O) groups is 1. The van der Waals surface area contributed by atoms with Gasteiger partial charge in [0.2, 0.25) is 0 Å². The van der Waals surface area contributed by atoms with Crippen molar-refractivity contribution in [1.82, 2.24) is 5.32 Å². The van der Waals surface area contributed by atoms with Gasteiger partial charge in [-0.2, -0.15) is 0 Å². The Morgan fingerprint density at radius 3 is 2.53 bits per heavy atom. The zero-order valence-corrected chi connectivity index (χ0v) is 23.3. The minimum absolute atomic E-state index is 0.0548. The molecule has 0 aromatic heterocycles. The van der Waals surface area contributed by atoms with Crippen molar-refractivity contribution in [2.75, 3.05) is 7.05 Å². The SMILES string of the molecule is CC[C@H](CC[C@@H](C)[C@H]1CC[C@H]2[C@@H]3CC=C4C[C@@H](OC(=O)NC)CC[C@]4(C)[C@H]3CC[C@]12C)C(C)C. The molecule has 0 radical (unpaired) electrons. The van der Waals surface area contributed by atoms with Gasteiger partial charge in [0, 0.05) is 13.5 Å². The van der Waals surface area contributed by atoms with Gasteiger partial charge in [-0.05, 0) is 104 Å². The fraction of sp³-hybridized carbons (Fsp3) is 0.903. The Morgan fingerprint density at radius 2 is 1.85 bits per heavy atom. The van der Waals surface area contributed by atoms with Crippen molar-refractivity contribution in [3.8, 4) is 0 Å². The molecule has 0 bridgehead atoms. The van der Waals surface area contributed by atoms with Crippen LogP contribution in [-0.2, 0) is 4.74 Å². The van der Waals surface area contributed by atoms with Crippen LogP contribution in [0, 0.1) is 52.3 Å². The molecule has 4 aliphatic carbocycles. The van der Waals surface area contributed by atoms with Gasteiger partial charge in [-0.3, -0.25) is 0 Å². The average Bonchev–Trinajstić information content (AvgIpc) is 3.16. The standard InChI is InChI=1S/C31H53NO2/c1-8-22(20(2)3)10-9-21(4)26-13-14-27-25-12-11-23-19-24(34-29(33)32-7)15-17-30(23,5)28(25)16-18-31(26,27)6/h11,20-22,24-28H,8-10,12-19H2,1-7H3,(H,32,33)/t21-,22-,24+,25+,26-,27+,28+,30+,31-/m1/s1. The van der Waals surface area contributed by atoms with Crippen molar-refractivity contribution >= 4 is 6.09 Å². The highest BCUT2D eigenvalue weighted by Gasteiger charge is 2.59. The summed E-state index contributed by atoms with van der Waals surface area (Å²) in [4.78, 5) is 11.8.